The van der Waals surface area contributed by atoms with E-state index in [1.54, 1.807) is 6.92 Å². The molecular formula is C15H22N2O3. The largest absolute Gasteiger partial charge is 0.388 e. The maximum Gasteiger partial charge on any atom is 0.256 e. The molecule has 2 atom stereocenters. The number of nitrogens with one attached hydrogen (secondary N) is 2. The number of carbonyl (C=O) groups excluding carboxylic acids is 1. The topological polar surface area (TPSA) is 82.2 Å². The maximum absolute atomic E-state index is 12.0. The zero-order chi connectivity index (χ0) is 14.8. The van der Waals surface area contributed by atoms with Crippen LogP contribution in [-0.2, 0) is 0 Å². The Morgan fingerprint density at radius 1 is 1.60 bits per heavy atom. The predicted molar refractivity (Wildman–Crippen MR) is 76.7 cm³/mol. The molecule has 1 aliphatic rings. The molecule has 1 heterocycles. The lowest BCUT2D eigenvalue weighted by atomic mass is 9.79. The summed E-state index contributed by atoms with van der Waals surface area (Å²) >= 11 is 0. The van der Waals surface area contributed by atoms with Crippen LogP contribution >= 0.6 is 0 Å². The van der Waals surface area contributed by atoms with Crippen molar-refractivity contribution >= 4 is 5.91 Å². The highest BCUT2D eigenvalue weighted by atomic mass is 16.3. The average molecular weight is 278 g/mol. The molecule has 0 spiro atoms. The molecule has 110 valence electrons. The molecule has 3 N–H and O–H groups in total. The molecule has 1 aliphatic carbocycles. The van der Waals surface area contributed by atoms with Crippen LogP contribution in [0.15, 0.2) is 17.1 Å². The van der Waals surface area contributed by atoms with E-state index in [4.69, 9.17) is 0 Å². The number of aliphatic hydroxyl groups is 1. The Kier molecular flexibility index (Phi) is 4.28. The summed E-state index contributed by atoms with van der Waals surface area (Å²) in [4.78, 5) is 26.6. The predicted octanol–water partition coefficient (Wildman–Crippen LogP) is 1.35. The molecule has 0 aromatic carbocycles. The van der Waals surface area contributed by atoms with E-state index >= 15 is 0 Å². The molecule has 1 fully saturated rings. The molecule has 1 saturated carbocycles. The van der Waals surface area contributed by atoms with Gasteiger partial charge in [0.25, 0.3) is 5.91 Å². The van der Waals surface area contributed by atoms with E-state index in [0.29, 0.717) is 24.5 Å². The first kappa shape index (κ1) is 14.8. The smallest absolute Gasteiger partial charge is 0.256 e. The summed E-state index contributed by atoms with van der Waals surface area (Å²) < 4.78 is 0. The Labute approximate surface area is 118 Å². The third-order valence-electron chi connectivity index (χ3n) is 3.95. The van der Waals surface area contributed by atoms with Gasteiger partial charge in [-0.1, -0.05) is 19.8 Å². The van der Waals surface area contributed by atoms with Crippen molar-refractivity contribution in [3.05, 3.63) is 33.7 Å². The van der Waals surface area contributed by atoms with Crippen LogP contribution < -0.4 is 10.7 Å². The van der Waals surface area contributed by atoms with E-state index < -0.39 is 11.5 Å². The highest BCUT2D eigenvalue weighted by Crippen LogP contribution is 2.31. The van der Waals surface area contributed by atoms with Crippen LogP contribution in [-0.4, -0.2) is 28.1 Å². The molecule has 0 bridgehead atoms. The molecule has 1 aromatic rings. The van der Waals surface area contributed by atoms with Gasteiger partial charge < -0.3 is 15.4 Å². The van der Waals surface area contributed by atoms with Gasteiger partial charge in [0.1, 0.15) is 5.56 Å². The third kappa shape index (κ3) is 3.48. The maximum atomic E-state index is 12.0. The second kappa shape index (κ2) is 5.79. The fourth-order valence-electron chi connectivity index (χ4n) is 2.88. The van der Waals surface area contributed by atoms with Gasteiger partial charge in [0.05, 0.1) is 5.60 Å². The van der Waals surface area contributed by atoms with Gasteiger partial charge in [0, 0.05) is 24.5 Å². The number of H-pyrrole nitrogens is 1. The van der Waals surface area contributed by atoms with Crippen LogP contribution in [0.3, 0.4) is 0 Å². The van der Waals surface area contributed by atoms with Crippen molar-refractivity contribution in [3.63, 3.8) is 0 Å². The van der Waals surface area contributed by atoms with Gasteiger partial charge in [-0.3, -0.25) is 9.59 Å². The first-order valence-corrected chi connectivity index (χ1v) is 7.09. The fraction of sp³-hybridized carbons (Fsp3) is 0.600. The van der Waals surface area contributed by atoms with E-state index in [1.165, 1.54) is 12.3 Å². The average Bonchev–Trinajstić information content (AvgIpc) is 2.36. The SMILES string of the molecule is Cc1cc(=O)c(C(=O)NCC2(O)CCCC(C)C2)c[nH]1. The number of pyridine rings is 1. The van der Waals surface area contributed by atoms with E-state index in [1.807, 2.05) is 0 Å². The van der Waals surface area contributed by atoms with Crippen LogP contribution in [0.4, 0.5) is 0 Å². The lowest BCUT2D eigenvalue weighted by molar-refractivity contribution is -0.0109. The number of hydrogen-bond donors (Lipinski definition) is 3. The number of aromatic nitrogens is 1. The minimum atomic E-state index is -0.842. The van der Waals surface area contributed by atoms with Gasteiger partial charge in [0.2, 0.25) is 0 Å². The Morgan fingerprint density at radius 3 is 3.00 bits per heavy atom. The molecular weight excluding hydrogens is 256 g/mol. The summed E-state index contributed by atoms with van der Waals surface area (Å²) in [6, 6.07) is 1.40. The van der Waals surface area contributed by atoms with Crippen molar-refractivity contribution in [1.82, 2.24) is 10.3 Å². The number of aromatic amines is 1. The lowest BCUT2D eigenvalue weighted by Gasteiger charge is -2.35. The van der Waals surface area contributed by atoms with Gasteiger partial charge in [-0.25, -0.2) is 0 Å². The summed E-state index contributed by atoms with van der Waals surface area (Å²) in [7, 11) is 0. The highest BCUT2D eigenvalue weighted by Gasteiger charge is 2.33. The number of hydrogen-bond acceptors (Lipinski definition) is 3. The monoisotopic (exact) mass is 278 g/mol. The lowest BCUT2D eigenvalue weighted by Crippen LogP contribution is -2.46. The Morgan fingerprint density at radius 2 is 2.35 bits per heavy atom. The number of aryl methyl sites for hydroxylation is 1. The summed E-state index contributed by atoms with van der Waals surface area (Å²) in [5.74, 6) is 0.0336. The molecule has 20 heavy (non-hydrogen) atoms. The van der Waals surface area contributed by atoms with Crippen LogP contribution in [0.5, 0.6) is 0 Å². The number of carbonyl (C=O) groups is 1. The third-order valence-corrected chi connectivity index (χ3v) is 3.95. The molecule has 1 aromatic heterocycles. The quantitative estimate of drug-likeness (QED) is 0.780. The summed E-state index contributed by atoms with van der Waals surface area (Å²) in [6.07, 6.45) is 4.90. The first-order chi connectivity index (χ1) is 9.39. The Hall–Kier alpha value is -1.62. The molecule has 0 aliphatic heterocycles. The second-order valence-corrected chi connectivity index (χ2v) is 6.00. The molecule has 0 saturated heterocycles. The van der Waals surface area contributed by atoms with E-state index in [-0.39, 0.29) is 17.5 Å². The zero-order valence-electron chi connectivity index (χ0n) is 12.0. The van der Waals surface area contributed by atoms with Crippen molar-refractivity contribution in [3.8, 4) is 0 Å². The van der Waals surface area contributed by atoms with Gasteiger partial charge in [-0.05, 0) is 25.7 Å². The molecule has 5 heteroatoms. The van der Waals surface area contributed by atoms with Crippen LogP contribution in [0.2, 0.25) is 0 Å². The first-order valence-electron chi connectivity index (χ1n) is 7.09. The fourth-order valence-corrected chi connectivity index (χ4v) is 2.88. The summed E-state index contributed by atoms with van der Waals surface area (Å²) in [5.41, 5.74) is -0.345. The van der Waals surface area contributed by atoms with Crippen molar-refractivity contribution in [1.29, 1.82) is 0 Å². The summed E-state index contributed by atoms with van der Waals surface area (Å²) in [6.45, 7) is 4.06. The Bertz CT molecular complexity index is 552. The normalized spacial score (nSPS) is 26.2. The molecule has 0 radical (unpaired) electrons. The van der Waals surface area contributed by atoms with Crippen LogP contribution in [0.1, 0.15) is 48.7 Å². The standard InChI is InChI=1S/C15H22N2O3/c1-10-4-3-5-15(20,7-10)9-17-14(19)12-8-16-11(2)6-13(12)18/h6,8,10,20H,3-5,7,9H2,1-2H3,(H,16,18)(H,17,19). The molecule has 5 nitrogen and oxygen atoms in total. The minimum Gasteiger partial charge on any atom is -0.388 e. The highest BCUT2D eigenvalue weighted by molar-refractivity contribution is 5.93. The zero-order valence-corrected chi connectivity index (χ0v) is 12.0. The van der Waals surface area contributed by atoms with Crippen molar-refractivity contribution in [2.24, 2.45) is 5.92 Å². The van der Waals surface area contributed by atoms with E-state index in [0.717, 1.165) is 12.8 Å². The van der Waals surface area contributed by atoms with Crippen LogP contribution in [0.25, 0.3) is 0 Å². The minimum absolute atomic E-state index is 0.0862. The van der Waals surface area contributed by atoms with Gasteiger partial charge >= 0.3 is 0 Å². The molecule has 1 amide bonds. The molecule has 2 unspecified atom stereocenters. The van der Waals surface area contributed by atoms with Crippen LogP contribution in [0, 0.1) is 12.8 Å². The van der Waals surface area contributed by atoms with E-state index in [9.17, 15) is 14.7 Å². The van der Waals surface area contributed by atoms with E-state index in [2.05, 4.69) is 17.2 Å². The number of rotatable bonds is 3. The van der Waals surface area contributed by atoms with Gasteiger partial charge in [-0.2, -0.15) is 0 Å². The van der Waals surface area contributed by atoms with Crippen molar-refractivity contribution in [2.45, 2.75) is 45.1 Å². The van der Waals surface area contributed by atoms with Gasteiger partial charge in [0.15, 0.2) is 5.43 Å². The second-order valence-electron chi connectivity index (χ2n) is 6.00. The molecule has 2 rings (SSSR count). The summed E-state index contributed by atoms with van der Waals surface area (Å²) in [5, 5.41) is 13.1. The Balaban J connectivity index is 2.00. The number of amides is 1. The van der Waals surface area contributed by atoms with Crippen molar-refractivity contribution < 1.29 is 9.90 Å². The van der Waals surface area contributed by atoms with Crippen molar-refractivity contribution in [2.75, 3.05) is 6.54 Å². The van der Waals surface area contributed by atoms with Gasteiger partial charge in [-0.15, -0.1) is 0 Å².